The minimum atomic E-state index is -6.03. The molecule has 4 rings (SSSR count). The molecule has 0 aliphatic carbocycles. The molecule has 2 aromatic rings. The van der Waals surface area contributed by atoms with E-state index in [0.717, 1.165) is 12.1 Å². The molecule has 0 saturated carbocycles. The van der Waals surface area contributed by atoms with Crippen LogP contribution >= 0.6 is 0 Å². The largest absolute Gasteiger partial charge is 0.430 e. The Morgan fingerprint density at radius 2 is 1.56 bits per heavy atom. The Balaban J connectivity index is 1.67. The van der Waals surface area contributed by atoms with E-state index in [9.17, 15) is 45.4 Å². The number of hydrogen-bond donors (Lipinski definition) is 1. The van der Waals surface area contributed by atoms with Gasteiger partial charge in [-0.3, -0.25) is 9.59 Å². The van der Waals surface area contributed by atoms with Gasteiger partial charge < -0.3 is 14.9 Å². The lowest BCUT2D eigenvalue weighted by molar-refractivity contribution is -0.376. The molecule has 0 spiro atoms. The number of amides is 2. The highest BCUT2D eigenvalue weighted by atomic mass is 19.4. The van der Waals surface area contributed by atoms with Crippen molar-refractivity contribution in [3.05, 3.63) is 71.0 Å². The summed E-state index contributed by atoms with van der Waals surface area (Å²) < 4.78 is 94.0. The van der Waals surface area contributed by atoms with E-state index >= 15 is 0 Å². The zero-order valence-electron chi connectivity index (χ0n) is 21.8. The minimum Gasteiger partial charge on any atom is -0.369 e. The van der Waals surface area contributed by atoms with E-state index in [-0.39, 0.29) is 32.0 Å². The maximum Gasteiger partial charge on any atom is 0.430 e. The number of halogens is 7. The standard InChI is InChI=1S/C28H26F7N3O3/c1-25(19-6-8-21(29)9-7-19)16-38(24(40)18-11-13-37(14-18)23(39)10-12-36)15-22(25)17-2-4-20(5-3-17)26(41,27(30,31)32)28(33,34)35/h2-9,18,22,41H,10-11,13-16H2,1H3/t18?,22-,25+/m0/s1. The Labute approximate surface area is 231 Å². The first-order valence-electron chi connectivity index (χ1n) is 12.7. The number of carbonyl (C=O) groups is 2. The first kappa shape index (κ1) is 30.3. The van der Waals surface area contributed by atoms with Crippen molar-refractivity contribution in [2.24, 2.45) is 5.92 Å². The Morgan fingerprint density at radius 1 is 0.976 bits per heavy atom. The number of likely N-dealkylation sites (tertiary alicyclic amines) is 2. The third kappa shape index (κ3) is 5.37. The molecule has 0 radical (unpaired) electrons. The van der Waals surface area contributed by atoms with Gasteiger partial charge >= 0.3 is 12.4 Å². The zero-order valence-corrected chi connectivity index (χ0v) is 21.8. The lowest BCUT2D eigenvalue weighted by Gasteiger charge is -2.34. The highest BCUT2D eigenvalue weighted by molar-refractivity contribution is 5.83. The second-order valence-corrected chi connectivity index (χ2v) is 10.7. The smallest absolute Gasteiger partial charge is 0.369 e. The number of nitriles is 1. The van der Waals surface area contributed by atoms with Crippen LogP contribution in [-0.2, 0) is 20.6 Å². The molecule has 1 N–H and O–H groups in total. The molecule has 41 heavy (non-hydrogen) atoms. The van der Waals surface area contributed by atoms with E-state index in [1.54, 1.807) is 13.0 Å². The van der Waals surface area contributed by atoms with E-state index in [2.05, 4.69) is 0 Å². The predicted octanol–water partition coefficient (Wildman–Crippen LogP) is 4.78. The summed E-state index contributed by atoms with van der Waals surface area (Å²) in [5, 5.41) is 18.5. The molecule has 13 heteroatoms. The quantitative estimate of drug-likeness (QED) is 0.512. The Hall–Kier alpha value is -3.66. The SMILES string of the molecule is C[C@]1(c2ccc(F)cc2)CN(C(=O)C2CCN(C(=O)CC#N)C2)C[C@H]1c1ccc(C(O)(C(F)(F)F)C(F)(F)F)cc1. The summed E-state index contributed by atoms with van der Waals surface area (Å²) in [6.07, 6.45) is -12.0. The average molecular weight is 586 g/mol. The van der Waals surface area contributed by atoms with Crippen molar-refractivity contribution in [1.82, 2.24) is 9.80 Å². The Bertz CT molecular complexity index is 1320. The van der Waals surface area contributed by atoms with Gasteiger partial charge in [-0.2, -0.15) is 31.6 Å². The van der Waals surface area contributed by atoms with Crippen LogP contribution in [0.3, 0.4) is 0 Å². The van der Waals surface area contributed by atoms with Crippen LogP contribution in [0.2, 0.25) is 0 Å². The molecular formula is C28H26F7N3O3. The average Bonchev–Trinajstić information content (AvgIpc) is 3.53. The highest BCUT2D eigenvalue weighted by Crippen LogP contribution is 2.51. The molecule has 0 aromatic heterocycles. The third-order valence-electron chi connectivity index (χ3n) is 8.18. The van der Waals surface area contributed by atoms with Crippen molar-refractivity contribution in [2.45, 2.75) is 49.1 Å². The van der Waals surface area contributed by atoms with Crippen molar-refractivity contribution in [3.8, 4) is 6.07 Å². The summed E-state index contributed by atoms with van der Waals surface area (Å²) in [6, 6.07) is 10.5. The van der Waals surface area contributed by atoms with Gasteiger partial charge in [0.1, 0.15) is 12.2 Å². The number of aliphatic hydroxyl groups is 1. The normalized spacial score (nSPS) is 23.5. The predicted molar refractivity (Wildman–Crippen MR) is 130 cm³/mol. The molecule has 2 aromatic carbocycles. The van der Waals surface area contributed by atoms with Crippen molar-refractivity contribution in [1.29, 1.82) is 5.26 Å². The number of hydrogen-bond acceptors (Lipinski definition) is 4. The van der Waals surface area contributed by atoms with Gasteiger partial charge in [0.15, 0.2) is 0 Å². The number of nitrogens with zero attached hydrogens (tertiary/aromatic N) is 3. The van der Waals surface area contributed by atoms with Gasteiger partial charge in [0, 0.05) is 43.1 Å². The van der Waals surface area contributed by atoms with E-state index in [4.69, 9.17) is 5.26 Å². The van der Waals surface area contributed by atoms with Crippen molar-refractivity contribution >= 4 is 11.8 Å². The molecule has 2 amide bonds. The molecule has 220 valence electrons. The molecule has 0 bridgehead atoms. The van der Waals surface area contributed by atoms with Gasteiger partial charge in [-0.1, -0.05) is 43.3 Å². The van der Waals surface area contributed by atoms with Gasteiger partial charge in [0.2, 0.25) is 11.8 Å². The van der Waals surface area contributed by atoms with Crippen LogP contribution in [-0.4, -0.2) is 65.3 Å². The van der Waals surface area contributed by atoms with Gasteiger partial charge in [-0.25, -0.2) is 4.39 Å². The number of carbonyl (C=O) groups excluding carboxylic acids is 2. The summed E-state index contributed by atoms with van der Waals surface area (Å²) in [5.41, 5.74) is -6.47. The second kappa shape index (κ2) is 10.6. The van der Waals surface area contributed by atoms with Crippen molar-refractivity contribution < 1.29 is 45.4 Å². The minimum absolute atomic E-state index is 0.0531. The van der Waals surface area contributed by atoms with Crippen LogP contribution in [0.15, 0.2) is 48.5 Å². The van der Waals surface area contributed by atoms with Crippen molar-refractivity contribution in [3.63, 3.8) is 0 Å². The van der Waals surface area contributed by atoms with Gasteiger partial charge in [0.25, 0.3) is 5.60 Å². The topological polar surface area (TPSA) is 84.6 Å². The highest BCUT2D eigenvalue weighted by Gasteiger charge is 2.71. The molecule has 6 nitrogen and oxygen atoms in total. The summed E-state index contributed by atoms with van der Waals surface area (Å²) in [7, 11) is 0. The lowest BCUT2D eigenvalue weighted by atomic mass is 9.71. The first-order chi connectivity index (χ1) is 19.0. The van der Waals surface area contributed by atoms with Gasteiger partial charge in [-0.15, -0.1) is 0 Å². The molecule has 2 fully saturated rings. The van der Waals surface area contributed by atoms with Gasteiger partial charge in [-0.05, 0) is 29.7 Å². The second-order valence-electron chi connectivity index (χ2n) is 10.7. The van der Waals surface area contributed by atoms with Crippen LogP contribution < -0.4 is 0 Å². The van der Waals surface area contributed by atoms with E-state index in [1.807, 2.05) is 0 Å². The van der Waals surface area contributed by atoms with Crippen LogP contribution in [0.25, 0.3) is 0 Å². The molecule has 2 saturated heterocycles. The molecule has 1 unspecified atom stereocenters. The number of rotatable bonds is 5. The number of benzene rings is 2. The molecule has 2 heterocycles. The fourth-order valence-corrected chi connectivity index (χ4v) is 5.83. The van der Waals surface area contributed by atoms with Crippen molar-refractivity contribution in [2.75, 3.05) is 26.2 Å². The zero-order chi connectivity index (χ0) is 30.4. The fourth-order valence-electron chi connectivity index (χ4n) is 5.83. The number of alkyl halides is 6. The lowest BCUT2D eigenvalue weighted by Crippen LogP contribution is -2.53. The monoisotopic (exact) mass is 585 g/mol. The Morgan fingerprint density at radius 3 is 2.10 bits per heavy atom. The van der Waals surface area contributed by atoms with Crippen LogP contribution in [0, 0.1) is 23.1 Å². The first-order valence-corrected chi connectivity index (χ1v) is 12.7. The summed E-state index contributed by atoms with van der Waals surface area (Å²) in [5.74, 6) is -2.36. The van der Waals surface area contributed by atoms with Crippen LogP contribution in [0.4, 0.5) is 30.7 Å². The van der Waals surface area contributed by atoms with Gasteiger partial charge in [0.05, 0.1) is 12.0 Å². The van der Waals surface area contributed by atoms with E-state index in [1.165, 1.54) is 34.1 Å². The summed E-state index contributed by atoms with van der Waals surface area (Å²) in [4.78, 5) is 28.6. The molecular weight excluding hydrogens is 559 g/mol. The van der Waals surface area contributed by atoms with E-state index in [0.29, 0.717) is 36.2 Å². The maximum atomic E-state index is 13.7. The summed E-state index contributed by atoms with van der Waals surface area (Å²) in [6.45, 7) is 2.35. The maximum absolute atomic E-state index is 13.7. The fraction of sp³-hybridized carbons (Fsp3) is 0.464. The van der Waals surface area contributed by atoms with Crippen LogP contribution in [0.1, 0.15) is 42.4 Å². The van der Waals surface area contributed by atoms with Crippen LogP contribution in [0.5, 0.6) is 0 Å². The molecule has 2 aliphatic rings. The third-order valence-corrected chi connectivity index (χ3v) is 8.18. The van der Waals surface area contributed by atoms with E-state index < -0.39 is 52.5 Å². The Kier molecular flexibility index (Phi) is 7.86. The molecule has 3 atom stereocenters. The molecule has 2 aliphatic heterocycles. The summed E-state index contributed by atoms with van der Waals surface area (Å²) >= 11 is 0.